The fourth-order valence-electron chi connectivity index (χ4n) is 4.85. The Hall–Kier alpha value is -4.38. The number of fused-ring (bicyclic) bond motifs is 1. The number of aromatic nitrogens is 1. The number of carbonyl (C=O) groups excluding carboxylic acids is 1. The van der Waals surface area contributed by atoms with E-state index in [9.17, 15) is 9.00 Å². The van der Waals surface area contributed by atoms with Crippen molar-refractivity contribution in [3.8, 4) is 0 Å². The molecule has 0 saturated carbocycles. The number of allylic oxidation sites excluding steroid dienone is 4. The predicted octanol–water partition coefficient (Wildman–Crippen LogP) is 5.01. The van der Waals surface area contributed by atoms with Gasteiger partial charge in [0.1, 0.15) is 12.5 Å². The molecule has 0 radical (unpaired) electrons. The number of carbonyl (C=O) groups is 1. The molecule has 2 aliphatic heterocycles. The van der Waals surface area contributed by atoms with E-state index >= 15 is 4.39 Å². The van der Waals surface area contributed by atoms with E-state index in [0.29, 0.717) is 47.9 Å². The number of aliphatic imine (C=N–C) groups is 2. The Morgan fingerprint density at radius 3 is 2.77 bits per heavy atom. The Morgan fingerprint density at radius 2 is 2.05 bits per heavy atom. The molecule has 1 aromatic heterocycles. The number of rotatable bonds is 11. The Morgan fingerprint density at radius 1 is 1.23 bits per heavy atom. The Kier molecular flexibility index (Phi) is 11.4. The number of halogens is 1. The van der Waals surface area contributed by atoms with Crippen molar-refractivity contribution in [1.82, 2.24) is 20.1 Å². The lowest BCUT2D eigenvalue weighted by atomic mass is 9.94. The van der Waals surface area contributed by atoms with E-state index in [-0.39, 0.29) is 17.8 Å². The van der Waals surface area contributed by atoms with Crippen LogP contribution < -0.4 is 10.2 Å². The van der Waals surface area contributed by atoms with Crippen LogP contribution in [0.25, 0.3) is 12.2 Å². The number of hydrogen-bond donors (Lipinski definition) is 1. The van der Waals surface area contributed by atoms with Gasteiger partial charge in [-0.25, -0.2) is 14.4 Å². The molecule has 1 N–H and O–H groups in total. The largest absolute Gasteiger partial charge is 0.383 e. The molecule has 1 saturated heterocycles. The normalized spacial score (nSPS) is 16.9. The van der Waals surface area contributed by atoms with E-state index in [4.69, 9.17) is 0 Å². The van der Waals surface area contributed by atoms with Crippen LogP contribution in [-0.4, -0.2) is 83.7 Å². The SMILES string of the molecule is C/C=C\C/C=C\C(=C\N[C@H](C)c1cccc(C(=O)N(C)C)c1/C=C/c1cnc(N2CCN3C=NCN=C3C2)c(F)c1)S(C)=O. The molecule has 2 atom stereocenters. The van der Waals surface area contributed by atoms with Crippen LogP contribution in [0, 0.1) is 5.82 Å². The number of hydrogen-bond acceptors (Lipinski definition) is 8. The van der Waals surface area contributed by atoms with Crippen LogP contribution in [0.1, 0.15) is 53.4 Å². The number of anilines is 1. The van der Waals surface area contributed by atoms with Gasteiger partial charge in [0.05, 0.1) is 28.6 Å². The minimum Gasteiger partial charge on any atom is -0.383 e. The van der Waals surface area contributed by atoms with Crippen molar-refractivity contribution in [1.29, 1.82) is 0 Å². The summed E-state index contributed by atoms with van der Waals surface area (Å²) in [6.45, 7) is 6.05. The van der Waals surface area contributed by atoms with Gasteiger partial charge in [-0.05, 0) is 55.2 Å². The molecule has 11 heteroatoms. The second-order valence-electron chi connectivity index (χ2n) is 10.6. The minimum absolute atomic E-state index is 0.147. The molecule has 1 unspecified atom stereocenters. The average molecular weight is 618 g/mol. The topological polar surface area (TPSA) is 93.5 Å². The summed E-state index contributed by atoms with van der Waals surface area (Å²) in [5.41, 5.74) is 2.66. The van der Waals surface area contributed by atoms with Crippen molar-refractivity contribution in [2.75, 3.05) is 51.6 Å². The first-order valence-electron chi connectivity index (χ1n) is 14.5. The zero-order valence-corrected chi connectivity index (χ0v) is 26.7. The maximum absolute atomic E-state index is 15.3. The fraction of sp³-hybridized carbons (Fsp3) is 0.333. The summed E-state index contributed by atoms with van der Waals surface area (Å²) in [5, 5.41) is 3.35. The van der Waals surface area contributed by atoms with Crippen LogP contribution in [0.15, 0.2) is 75.9 Å². The van der Waals surface area contributed by atoms with Crippen molar-refractivity contribution in [2.24, 2.45) is 9.98 Å². The third-order valence-electron chi connectivity index (χ3n) is 7.26. The number of amides is 1. The van der Waals surface area contributed by atoms with Crippen LogP contribution in [0.2, 0.25) is 0 Å². The zero-order valence-electron chi connectivity index (χ0n) is 25.9. The van der Waals surface area contributed by atoms with Gasteiger partial charge in [0.15, 0.2) is 11.6 Å². The van der Waals surface area contributed by atoms with E-state index in [1.165, 1.54) is 11.0 Å². The highest BCUT2D eigenvalue weighted by atomic mass is 32.2. The predicted molar refractivity (Wildman–Crippen MR) is 180 cm³/mol. The molecule has 44 heavy (non-hydrogen) atoms. The first-order valence-corrected chi connectivity index (χ1v) is 16.1. The highest BCUT2D eigenvalue weighted by molar-refractivity contribution is 7.88. The van der Waals surface area contributed by atoms with Crippen LogP contribution in [0.5, 0.6) is 0 Å². The Labute approximate surface area is 261 Å². The molecule has 0 spiro atoms. The Bertz CT molecular complexity index is 1560. The highest BCUT2D eigenvalue weighted by Crippen LogP contribution is 2.26. The molecule has 1 amide bonds. The summed E-state index contributed by atoms with van der Waals surface area (Å²) in [5.74, 6) is 0.562. The second-order valence-corrected chi connectivity index (χ2v) is 12.0. The number of benzene rings is 1. The van der Waals surface area contributed by atoms with E-state index < -0.39 is 16.6 Å². The molecule has 0 bridgehead atoms. The first kappa shape index (κ1) is 32.5. The van der Waals surface area contributed by atoms with E-state index in [0.717, 1.165) is 17.8 Å². The molecule has 1 fully saturated rings. The molecule has 3 heterocycles. The summed E-state index contributed by atoms with van der Waals surface area (Å²) in [4.78, 5) is 32.3. The third-order valence-corrected chi connectivity index (χ3v) is 8.17. The molecule has 1 aromatic carbocycles. The van der Waals surface area contributed by atoms with Crippen molar-refractivity contribution >= 4 is 46.9 Å². The molecule has 0 aliphatic carbocycles. The van der Waals surface area contributed by atoms with Crippen molar-refractivity contribution in [2.45, 2.75) is 26.3 Å². The maximum atomic E-state index is 15.3. The molecular weight excluding hydrogens is 577 g/mol. The van der Waals surface area contributed by atoms with Gasteiger partial charge in [-0.1, -0.05) is 42.5 Å². The first-order chi connectivity index (χ1) is 21.2. The molecule has 4 rings (SSSR count). The van der Waals surface area contributed by atoms with Gasteiger partial charge in [-0.3, -0.25) is 14.0 Å². The molecule has 9 nitrogen and oxygen atoms in total. The number of nitrogens with zero attached hydrogens (tertiary/aromatic N) is 6. The van der Waals surface area contributed by atoms with E-state index in [1.807, 2.05) is 66.2 Å². The fourth-order valence-corrected chi connectivity index (χ4v) is 5.37. The monoisotopic (exact) mass is 617 g/mol. The van der Waals surface area contributed by atoms with Gasteiger partial charge in [-0.2, -0.15) is 0 Å². The average Bonchev–Trinajstić information content (AvgIpc) is 3.02. The summed E-state index contributed by atoms with van der Waals surface area (Å²) >= 11 is 0. The standard InChI is InChI=1S/C33H40FN7O2S/c1-6-7-8-9-11-26(44(5)43)20-36-24(2)27-12-10-13-29(33(42)39(3)4)28(27)15-14-25-18-30(34)32(37-19-25)40-16-17-41-23-35-22-38-31(41)21-40/h6-7,9-15,18-20,23-24,36H,8,16-17,21-22H2,1-5H3/b7-6-,11-9-,15-14+,26-20-/t24-,44?/m1/s1. The molecule has 2 aliphatic rings. The van der Waals surface area contributed by atoms with Gasteiger partial charge in [0.2, 0.25) is 0 Å². The van der Waals surface area contributed by atoms with Gasteiger partial charge in [0, 0.05) is 57.4 Å². The molecule has 2 aromatic rings. The lowest BCUT2D eigenvalue weighted by molar-refractivity contribution is 0.0827. The number of nitrogens with one attached hydrogen (secondary N) is 1. The quantitative estimate of drug-likeness (QED) is 0.282. The van der Waals surface area contributed by atoms with Gasteiger partial charge in [0.25, 0.3) is 5.91 Å². The van der Waals surface area contributed by atoms with Gasteiger partial charge >= 0.3 is 0 Å². The lowest BCUT2D eigenvalue weighted by Crippen LogP contribution is -2.51. The van der Waals surface area contributed by atoms with Crippen LogP contribution in [-0.2, 0) is 10.8 Å². The van der Waals surface area contributed by atoms with E-state index in [2.05, 4.69) is 20.3 Å². The molecular formula is C33H40FN7O2S. The summed E-state index contributed by atoms with van der Waals surface area (Å²) < 4.78 is 27.7. The lowest BCUT2D eigenvalue weighted by Gasteiger charge is -2.36. The second kappa shape index (κ2) is 15.4. The van der Waals surface area contributed by atoms with Crippen LogP contribution in [0.3, 0.4) is 0 Å². The van der Waals surface area contributed by atoms with Crippen molar-refractivity contribution in [3.63, 3.8) is 0 Å². The smallest absolute Gasteiger partial charge is 0.253 e. The van der Waals surface area contributed by atoms with Gasteiger partial charge in [-0.15, -0.1) is 0 Å². The summed E-state index contributed by atoms with van der Waals surface area (Å²) in [6, 6.07) is 6.81. The third kappa shape index (κ3) is 8.16. The van der Waals surface area contributed by atoms with Crippen LogP contribution >= 0.6 is 0 Å². The number of pyridine rings is 1. The minimum atomic E-state index is -1.19. The Balaban J connectivity index is 1.60. The van der Waals surface area contributed by atoms with Crippen LogP contribution in [0.4, 0.5) is 10.2 Å². The summed E-state index contributed by atoms with van der Waals surface area (Å²) in [6.07, 6.45) is 19.0. The zero-order chi connectivity index (χ0) is 31.6. The van der Waals surface area contributed by atoms with Gasteiger partial charge < -0.3 is 20.0 Å². The summed E-state index contributed by atoms with van der Waals surface area (Å²) in [7, 11) is 2.23. The number of piperazine rings is 1. The number of amidine groups is 1. The van der Waals surface area contributed by atoms with Crippen molar-refractivity contribution in [3.05, 3.63) is 93.9 Å². The molecule has 232 valence electrons. The highest BCUT2D eigenvalue weighted by Gasteiger charge is 2.25. The van der Waals surface area contributed by atoms with E-state index in [1.54, 1.807) is 51.2 Å². The van der Waals surface area contributed by atoms with Crippen molar-refractivity contribution < 1.29 is 13.4 Å². The maximum Gasteiger partial charge on any atom is 0.253 e.